The lowest BCUT2D eigenvalue weighted by molar-refractivity contribution is 0.151. The normalized spacial score (nSPS) is 19.3. The second kappa shape index (κ2) is 5.41. The number of aromatic nitrogens is 1. The van der Waals surface area contributed by atoms with Crippen LogP contribution in [-0.2, 0) is 13.1 Å². The molecule has 0 radical (unpaired) electrons. The summed E-state index contributed by atoms with van der Waals surface area (Å²) in [6.07, 6.45) is 3.75. The Morgan fingerprint density at radius 1 is 1.26 bits per heavy atom. The summed E-state index contributed by atoms with van der Waals surface area (Å²) in [5.41, 5.74) is 2.50. The first kappa shape index (κ1) is 12.2. The van der Waals surface area contributed by atoms with Crippen molar-refractivity contribution in [2.45, 2.75) is 26.1 Å². The lowest BCUT2D eigenvalue weighted by atomic mass is 10.1. The van der Waals surface area contributed by atoms with E-state index in [9.17, 15) is 0 Å². The van der Waals surface area contributed by atoms with Gasteiger partial charge in [0.15, 0.2) is 0 Å². The average Bonchev–Trinajstić information content (AvgIpc) is 2.61. The summed E-state index contributed by atoms with van der Waals surface area (Å²) in [6.45, 7) is 4.78. The van der Waals surface area contributed by atoms with Crippen LogP contribution in [0.4, 0.5) is 0 Å². The molecular weight excluding hydrogens is 236 g/mol. The van der Waals surface area contributed by atoms with Gasteiger partial charge >= 0.3 is 0 Å². The molecule has 1 atom stereocenters. The fourth-order valence-electron chi connectivity index (χ4n) is 2.40. The average molecular weight is 254 g/mol. The molecule has 1 aliphatic heterocycles. The molecule has 3 rings (SSSR count). The van der Waals surface area contributed by atoms with Crippen molar-refractivity contribution in [3.63, 3.8) is 0 Å². The van der Waals surface area contributed by atoms with Gasteiger partial charge in [-0.1, -0.05) is 24.3 Å². The van der Waals surface area contributed by atoms with Gasteiger partial charge in [-0.3, -0.25) is 9.88 Å². The first-order valence-electron chi connectivity index (χ1n) is 6.66. The molecule has 3 heteroatoms. The van der Waals surface area contributed by atoms with Crippen molar-refractivity contribution in [2.75, 3.05) is 6.61 Å². The molecule has 0 N–H and O–H groups in total. The van der Waals surface area contributed by atoms with Crippen molar-refractivity contribution in [2.24, 2.45) is 0 Å². The van der Waals surface area contributed by atoms with Gasteiger partial charge in [0, 0.05) is 37.1 Å². The zero-order valence-corrected chi connectivity index (χ0v) is 11.1. The highest BCUT2D eigenvalue weighted by Gasteiger charge is 2.21. The number of rotatable bonds is 2. The summed E-state index contributed by atoms with van der Waals surface area (Å²) >= 11 is 0. The van der Waals surface area contributed by atoms with Crippen LogP contribution in [0.2, 0.25) is 0 Å². The number of pyridine rings is 1. The Bertz CT molecular complexity index is 541. The number of para-hydroxylation sites is 1. The quantitative estimate of drug-likeness (QED) is 0.824. The van der Waals surface area contributed by atoms with Crippen molar-refractivity contribution < 1.29 is 4.74 Å². The Balaban J connectivity index is 1.81. The van der Waals surface area contributed by atoms with E-state index in [0.717, 1.165) is 25.4 Å². The second-order valence-electron chi connectivity index (χ2n) is 5.03. The van der Waals surface area contributed by atoms with E-state index in [1.807, 2.05) is 24.5 Å². The molecule has 0 aliphatic carbocycles. The predicted octanol–water partition coefficient (Wildman–Crippen LogP) is 2.86. The summed E-state index contributed by atoms with van der Waals surface area (Å²) < 4.78 is 5.87. The van der Waals surface area contributed by atoms with E-state index in [1.54, 1.807) is 0 Å². The number of hydrogen-bond donors (Lipinski definition) is 0. The topological polar surface area (TPSA) is 25.4 Å². The molecule has 0 amide bonds. The highest BCUT2D eigenvalue weighted by Crippen LogP contribution is 2.25. The third kappa shape index (κ3) is 2.76. The SMILES string of the molecule is C[C@H]1COc2ccccc2CN1Cc1cccnc1. The molecule has 1 aliphatic rings. The molecule has 2 heterocycles. The van der Waals surface area contributed by atoms with Gasteiger partial charge in [-0.2, -0.15) is 0 Å². The summed E-state index contributed by atoms with van der Waals surface area (Å²) in [7, 11) is 0. The van der Waals surface area contributed by atoms with Gasteiger partial charge in [0.05, 0.1) is 0 Å². The van der Waals surface area contributed by atoms with Crippen LogP contribution in [0.5, 0.6) is 5.75 Å². The highest BCUT2D eigenvalue weighted by molar-refractivity contribution is 5.34. The monoisotopic (exact) mass is 254 g/mol. The van der Waals surface area contributed by atoms with Crippen molar-refractivity contribution in [1.82, 2.24) is 9.88 Å². The van der Waals surface area contributed by atoms with E-state index in [1.165, 1.54) is 11.1 Å². The highest BCUT2D eigenvalue weighted by atomic mass is 16.5. The van der Waals surface area contributed by atoms with Gasteiger partial charge in [-0.25, -0.2) is 0 Å². The Morgan fingerprint density at radius 2 is 2.16 bits per heavy atom. The maximum absolute atomic E-state index is 5.87. The molecule has 0 saturated carbocycles. The van der Waals surface area contributed by atoms with Crippen LogP contribution in [0.25, 0.3) is 0 Å². The van der Waals surface area contributed by atoms with Crippen LogP contribution >= 0.6 is 0 Å². The van der Waals surface area contributed by atoms with Crippen LogP contribution in [-0.4, -0.2) is 22.5 Å². The Hall–Kier alpha value is -1.87. The second-order valence-corrected chi connectivity index (χ2v) is 5.03. The third-order valence-corrected chi connectivity index (χ3v) is 3.56. The van der Waals surface area contributed by atoms with Crippen molar-refractivity contribution in [3.05, 3.63) is 59.9 Å². The molecule has 0 saturated heterocycles. The smallest absolute Gasteiger partial charge is 0.123 e. The van der Waals surface area contributed by atoms with Crippen LogP contribution in [0.3, 0.4) is 0 Å². The van der Waals surface area contributed by atoms with Gasteiger partial charge in [-0.05, 0) is 24.6 Å². The van der Waals surface area contributed by atoms with E-state index in [-0.39, 0.29) is 0 Å². The van der Waals surface area contributed by atoms with Crippen molar-refractivity contribution in [1.29, 1.82) is 0 Å². The van der Waals surface area contributed by atoms with Crippen LogP contribution < -0.4 is 4.74 Å². The molecule has 2 aromatic rings. The number of fused-ring (bicyclic) bond motifs is 1. The first-order chi connectivity index (χ1) is 9.33. The maximum atomic E-state index is 5.87. The molecule has 3 nitrogen and oxygen atoms in total. The Morgan fingerprint density at radius 3 is 3.00 bits per heavy atom. The predicted molar refractivity (Wildman–Crippen MR) is 74.9 cm³/mol. The number of benzene rings is 1. The van der Waals surface area contributed by atoms with Crippen LogP contribution in [0.1, 0.15) is 18.1 Å². The van der Waals surface area contributed by atoms with Gasteiger partial charge in [0.1, 0.15) is 12.4 Å². The third-order valence-electron chi connectivity index (χ3n) is 3.56. The Labute approximate surface area is 113 Å². The van der Waals surface area contributed by atoms with E-state index >= 15 is 0 Å². The van der Waals surface area contributed by atoms with Gasteiger partial charge < -0.3 is 4.74 Å². The van der Waals surface area contributed by atoms with E-state index in [2.05, 4.69) is 41.1 Å². The molecule has 0 fully saturated rings. The largest absolute Gasteiger partial charge is 0.492 e. The standard InChI is InChI=1S/C16H18N2O/c1-13-12-19-16-7-3-2-6-15(16)11-18(13)10-14-5-4-8-17-9-14/h2-9,13H,10-12H2,1H3/t13-/m0/s1. The van der Waals surface area contributed by atoms with E-state index in [4.69, 9.17) is 4.74 Å². The lowest BCUT2D eigenvalue weighted by Crippen LogP contribution is -2.34. The zero-order valence-electron chi connectivity index (χ0n) is 11.1. The summed E-state index contributed by atoms with van der Waals surface area (Å²) in [5, 5.41) is 0. The molecule has 1 aromatic carbocycles. The molecular formula is C16H18N2O. The van der Waals surface area contributed by atoms with Gasteiger partial charge in [0.2, 0.25) is 0 Å². The zero-order chi connectivity index (χ0) is 13.1. The fraction of sp³-hybridized carbons (Fsp3) is 0.312. The summed E-state index contributed by atoms with van der Waals surface area (Å²) in [5.74, 6) is 1.02. The molecule has 19 heavy (non-hydrogen) atoms. The number of nitrogens with zero attached hydrogens (tertiary/aromatic N) is 2. The maximum Gasteiger partial charge on any atom is 0.123 e. The van der Waals surface area contributed by atoms with Crippen LogP contribution in [0, 0.1) is 0 Å². The lowest BCUT2D eigenvalue weighted by Gasteiger charge is -2.25. The minimum absolute atomic E-state index is 0.396. The Kier molecular flexibility index (Phi) is 3.47. The summed E-state index contributed by atoms with van der Waals surface area (Å²) in [4.78, 5) is 6.62. The summed E-state index contributed by atoms with van der Waals surface area (Å²) in [6, 6.07) is 12.8. The number of hydrogen-bond acceptors (Lipinski definition) is 3. The van der Waals surface area contributed by atoms with Gasteiger partial charge in [0.25, 0.3) is 0 Å². The molecule has 0 bridgehead atoms. The minimum atomic E-state index is 0.396. The molecule has 1 aromatic heterocycles. The van der Waals surface area contributed by atoms with Crippen molar-refractivity contribution in [3.8, 4) is 5.75 Å². The van der Waals surface area contributed by atoms with Crippen molar-refractivity contribution >= 4 is 0 Å². The minimum Gasteiger partial charge on any atom is -0.492 e. The number of ether oxygens (including phenoxy) is 1. The fourth-order valence-corrected chi connectivity index (χ4v) is 2.40. The van der Waals surface area contributed by atoms with Gasteiger partial charge in [-0.15, -0.1) is 0 Å². The molecule has 0 unspecified atom stereocenters. The van der Waals surface area contributed by atoms with E-state index < -0.39 is 0 Å². The molecule has 0 spiro atoms. The molecule has 98 valence electrons. The van der Waals surface area contributed by atoms with E-state index in [0.29, 0.717) is 6.04 Å². The first-order valence-corrected chi connectivity index (χ1v) is 6.66. The van der Waals surface area contributed by atoms with Crippen LogP contribution in [0.15, 0.2) is 48.8 Å².